The Balaban J connectivity index is 0.000000595. The first-order chi connectivity index (χ1) is 9.85. The van der Waals surface area contributed by atoms with Crippen molar-refractivity contribution >= 4 is 0 Å². The van der Waals surface area contributed by atoms with E-state index in [1.165, 1.54) is 64.2 Å². The normalized spacial score (nSPS) is 16.6. The van der Waals surface area contributed by atoms with Gasteiger partial charge in [-0.15, -0.1) is 0 Å². The van der Waals surface area contributed by atoms with Crippen molar-refractivity contribution in [2.24, 2.45) is 0 Å². The van der Waals surface area contributed by atoms with Gasteiger partial charge in [-0.3, -0.25) is 0 Å². The number of aliphatic hydroxyl groups excluding tert-OH is 1. The van der Waals surface area contributed by atoms with Gasteiger partial charge in [0, 0.05) is 13.2 Å². The van der Waals surface area contributed by atoms with E-state index in [0.29, 0.717) is 0 Å². The first kappa shape index (κ1) is 19.9. The molecule has 122 valence electrons. The largest absolute Gasteiger partial charge is 0.394 e. The lowest BCUT2D eigenvalue weighted by Gasteiger charge is -2.03. The maximum Gasteiger partial charge on any atom is 0.104 e. The van der Waals surface area contributed by atoms with Crippen molar-refractivity contribution in [3.8, 4) is 0 Å². The van der Waals surface area contributed by atoms with Crippen LogP contribution >= 0.6 is 0 Å². The molecule has 1 N–H and O–H groups in total. The van der Waals surface area contributed by atoms with Gasteiger partial charge in [0.05, 0.1) is 13.2 Å². The number of aliphatic hydroxyl groups is 1. The minimum Gasteiger partial charge on any atom is -0.394 e. The SMILES string of the molecule is CCCCCCCOCCCCCCC.OCC1CO1. The van der Waals surface area contributed by atoms with Crippen LogP contribution in [-0.2, 0) is 9.47 Å². The lowest BCUT2D eigenvalue weighted by atomic mass is 10.1. The highest BCUT2D eigenvalue weighted by atomic mass is 16.6. The second-order valence-electron chi connectivity index (χ2n) is 5.58. The van der Waals surface area contributed by atoms with E-state index in [0.717, 1.165) is 19.8 Å². The maximum absolute atomic E-state index is 8.08. The molecule has 0 aromatic rings. The van der Waals surface area contributed by atoms with Crippen molar-refractivity contribution in [2.45, 2.75) is 84.2 Å². The second-order valence-corrected chi connectivity index (χ2v) is 5.58. The molecule has 3 heteroatoms. The second kappa shape index (κ2) is 16.9. The van der Waals surface area contributed by atoms with Crippen LogP contribution in [0.4, 0.5) is 0 Å². The molecule has 1 heterocycles. The van der Waals surface area contributed by atoms with Gasteiger partial charge in [0.1, 0.15) is 6.10 Å². The molecule has 0 aliphatic carbocycles. The summed E-state index contributed by atoms with van der Waals surface area (Å²) < 4.78 is 10.2. The molecule has 1 aliphatic rings. The number of epoxide rings is 1. The average molecular weight is 288 g/mol. The Bertz CT molecular complexity index is 158. The Morgan fingerprint density at radius 2 is 1.30 bits per heavy atom. The van der Waals surface area contributed by atoms with E-state index in [-0.39, 0.29) is 12.7 Å². The molecule has 1 fully saturated rings. The zero-order valence-electron chi connectivity index (χ0n) is 13.7. The van der Waals surface area contributed by atoms with E-state index in [2.05, 4.69) is 18.6 Å². The molecule has 0 spiro atoms. The van der Waals surface area contributed by atoms with Crippen molar-refractivity contribution in [1.82, 2.24) is 0 Å². The number of ether oxygens (including phenoxy) is 2. The molecule has 1 unspecified atom stereocenters. The van der Waals surface area contributed by atoms with Gasteiger partial charge >= 0.3 is 0 Å². The highest BCUT2D eigenvalue weighted by molar-refractivity contribution is 4.65. The molecular formula is C17H36O3. The van der Waals surface area contributed by atoms with Crippen LogP contribution < -0.4 is 0 Å². The van der Waals surface area contributed by atoms with E-state index in [1.807, 2.05) is 0 Å². The summed E-state index contributed by atoms with van der Waals surface area (Å²) in [6.45, 7) is 7.44. The molecule has 0 amide bonds. The Morgan fingerprint density at radius 1 is 0.850 bits per heavy atom. The summed E-state index contributed by atoms with van der Waals surface area (Å²) in [6.07, 6.45) is 13.6. The third kappa shape index (κ3) is 17.9. The van der Waals surface area contributed by atoms with Gasteiger partial charge < -0.3 is 14.6 Å². The summed E-state index contributed by atoms with van der Waals surface area (Å²) in [6, 6.07) is 0. The van der Waals surface area contributed by atoms with Gasteiger partial charge in [-0.05, 0) is 12.8 Å². The first-order valence-corrected chi connectivity index (χ1v) is 8.65. The molecule has 1 rings (SSSR count). The van der Waals surface area contributed by atoms with E-state index in [9.17, 15) is 0 Å². The zero-order chi connectivity index (χ0) is 14.9. The van der Waals surface area contributed by atoms with E-state index < -0.39 is 0 Å². The minimum atomic E-state index is 0.190. The van der Waals surface area contributed by atoms with Gasteiger partial charge in [-0.25, -0.2) is 0 Å². The smallest absolute Gasteiger partial charge is 0.104 e. The standard InChI is InChI=1S/C14H30O.C3H6O2/c1-3-5-7-9-11-13-15-14-12-10-8-6-4-2;4-1-3-2-5-3/h3-14H2,1-2H3;3-4H,1-2H2. The predicted molar refractivity (Wildman–Crippen MR) is 85.2 cm³/mol. The summed E-state index contributed by atoms with van der Waals surface area (Å²) in [7, 11) is 0. The Labute approximate surface area is 126 Å². The summed E-state index contributed by atoms with van der Waals surface area (Å²) in [5.74, 6) is 0. The van der Waals surface area contributed by atoms with Gasteiger partial charge in [-0.2, -0.15) is 0 Å². The maximum atomic E-state index is 8.08. The molecule has 0 bridgehead atoms. The van der Waals surface area contributed by atoms with Crippen LogP contribution in [0.3, 0.4) is 0 Å². The quantitative estimate of drug-likeness (QED) is 0.405. The number of hydrogen-bond donors (Lipinski definition) is 1. The third-order valence-corrected chi connectivity index (χ3v) is 3.39. The molecule has 3 nitrogen and oxygen atoms in total. The van der Waals surface area contributed by atoms with Gasteiger partial charge in [0.15, 0.2) is 0 Å². The topological polar surface area (TPSA) is 42.0 Å². The van der Waals surface area contributed by atoms with E-state index >= 15 is 0 Å². The van der Waals surface area contributed by atoms with Crippen LogP contribution in [0.25, 0.3) is 0 Å². The lowest BCUT2D eigenvalue weighted by molar-refractivity contribution is 0.125. The highest BCUT2D eigenvalue weighted by Gasteiger charge is 2.19. The molecule has 1 saturated heterocycles. The zero-order valence-corrected chi connectivity index (χ0v) is 13.7. The summed E-state index contributed by atoms with van der Waals surface area (Å²) in [5.41, 5.74) is 0. The molecule has 0 aromatic carbocycles. The van der Waals surface area contributed by atoms with E-state index in [1.54, 1.807) is 0 Å². The fraction of sp³-hybridized carbons (Fsp3) is 1.00. The Kier molecular flexibility index (Phi) is 16.8. The van der Waals surface area contributed by atoms with Crippen LogP contribution in [0.15, 0.2) is 0 Å². The first-order valence-electron chi connectivity index (χ1n) is 8.65. The predicted octanol–water partition coefficient (Wildman–Crippen LogP) is 4.32. The summed E-state index contributed by atoms with van der Waals surface area (Å²) >= 11 is 0. The third-order valence-electron chi connectivity index (χ3n) is 3.39. The summed E-state index contributed by atoms with van der Waals surface area (Å²) in [4.78, 5) is 0. The van der Waals surface area contributed by atoms with Crippen LogP contribution in [0.1, 0.15) is 78.1 Å². The monoisotopic (exact) mass is 288 g/mol. The molecule has 1 aliphatic heterocycles. The Hall–Kier alpha value is -0.120. The van der Waals surface area contributed by atoms with Crippen LogP contribution in [0, 0.1) is 0 Å². The molecule has 0 aromatic heterocycles. The van der Waals surface area contributed by atoms with Gasteiger partial charge in [0.25, 0.3) is 0 Å². The van der Waals surface area contributed by atoms with Crippen molar-refractivity contribution in [3.63, 3.8) is 0 Å². The average Bonchev–Trinajstić information content (AvgIpc) is 3.30. The van der Waals surface area contributed by atoms with Crippen LogP contribution in [0.2, 0.25) is 0 Å². The molecule has 20 heavy (non-hydrogen) atoms. The molecule has 1 atom stereocenters. The van der Waals surface area contributed by atoms with Crippen LogP contribution in [-0.4, -0.2) is 37.6 Å². The van der Waals surface area contributed by atoms with Crippen molar-refractivity contribution in [2.75, 3.05) is 26.4 Å². The number of hydrogen-bond acceptors (Lipinski definition) is 3. The molecular weight excluding hydrogens is 252 g/mol. The molecule has 0 radical (unpaired) electrons. The minimum absolute atomic E-state index is 0.190. The lowest BCUT2D eigenvalue weighted by Crippen LogP contribution is -1.97. The van der Waals surface area contributed by atoms with Crippen molar-refractivity contribution in [1.29, 1.82) is 0 Å². The number of unbranched alkanes of at least 4 members (excludes halogenated alkanes) is 8. The fourth-order valence-electron chi connectivity index (χ4n) is 1.89. The number of rotatable bonds is 13. The molecule has 0 saturated carbocycles. The van der Waals surface area contributed by atoms with Gasteiger partial charge in [0.2, 0.25) is 0 Å². The van der Waals surface area contributed by atoms with Gasteiger partial charge in [-0.1, -0.05) is 65.2 Å². The Morgan fingerprint density at radius 3 is 1.60 bits per heavy atom. The highest BCUT2D eigenvalue weighted by Crippen LogP contribution is 2.05. The van der Waals surface area contributed by atoms with Crippen molar-refractivity contribution < 1.29 is 14.6 Å². The van der Waals surface area contributed by atoms with E-state index in [4.69, 9.17) is 9.84 Å². The van der Waals surface area contributed by atoms with Crippen LogP contribution in [0.5, 0.6) is 0 Å². The fourth-order valence-corrected chi connectivity index (χ4v) is 1.89. The summed E-state index contributed by atoms with van der Waals surface area (Å²) in [5, 5.41) is 8.08. The van der Waals surface area contributed by atoms with Crippen molar-refractivity contribution in [3.05, 3.63) is 0 Å².